The summed E-state index contributed by atoms with van der Waals surface area (Å²) in [5.41, 5.74) is 4.84. The number of sulfonamides is 1. The predicted octanol–water partition coefficient (Wildman–Crippen LogP) is 5.32. The van der Waals surface area contributed by atoms with Crippen LogP contribution in [0.5, 0.6) is 0 Å². The Labute approximate surface area is 260 Å². The standard InChI is InChI=1S/C32H36N8O4S/c1-17(2)14-35-45(42,43)29-12-22-27(39-32(41)34-15-20-10-18(3)44-40-20)13-28(38-31-36-24-6-4-5-7-25(24)37-31)30(22)23-16-33-26(11-21(23)29)19-8-9-19/h4-7,10-12,16-17,19,27-28,35H,8-9,13-15H2,1-3H3,(H2,34,39,41)(H2,36,37,38)/t27-,28-/m0/s1. The topological polar surface area (TPSA) is 167 Å². The van der Waals surface area contributed by atoms with E-state index in [1.807, 2.05) is 44.2 Å². The van der Waals surface area contributed by atoms with Crippen molar-refractivity contribution in [1.29, 1.82) is 0 Å². The molecule has 2 amide bonds. The molecule has 0 spiro atoms. The second-order valence-electron chi connectivity index (χ2n) is 12.4. The molecule has 45 heavy (non-hydrogen) atoms. The molecule has 1 saturated carbocycles. The molecule has 2 aromatic carbocycles. The average molecular weight is 629 g/mol. The number of para-hydroxylation sites is 2. The number of imidazole rings is 1. The van der Waals surface area contributed by atoms with E-state index < -0.39 is 22.1 Å². The summed E-state index contributed by atoms with van der Waals surface area (Å²) >= 11 is 0. The zero-order chi connectivity index (χ0) is 31.3. The first-order valence-corrected chi connectivity index (χ1v) is 16.8. The van der Waals surface area contributed by atoms with Crippen molar-refractivity contribution >= 4 is 43.8 Å². The maximum absolute atomic E-state index is 13.8. The minimum atomic E-state index is -3.88. The zero-order valence-corrected chi connectivity index (χ0v) is 26.2. The highest BCUT2D eigenvalue weighted by Gasteiger charge is 2.37. The highest BCUT2D eigenvalue weighted by Crippen LogP contribution is 2.47. The molecule has 3 aromatic heterocycles. The van der Waals surface area contributed by atoms with E-state index in [2.05, 4.69) is 30.8 Å². The van der Waals surface area contributed by atoms with E-state index in [0.717, 1.165) is 46.1 Å². The van der Waals surface area contributed by atoms with Crippen LogP contribution in [0, 0.1) is 12.8 Å². The first kappa shape index (κ1) is 29.2. The number of nitrogens with zero attached hydrogens (tertiary/aromatic N) is 3. The van der Waals surface area contributed by atoms with Crippen molar-refractivity contribution in [1.82, 2.24) is 35.5 Å². The Morgan fingerprint density at radius 2 is 1.93 bits per heavy atom. The van der Waals surface area contributed by atoms with Gasteiger partial charge in [-0.25, -0.2) is 22.9 Å². The van der Waals surface area contributed by atoms with Crippen LogP contribution < -0.4 is 20.7 Å². The lowest BCUT2D eigenvalue weighted by Crippen LogP contribution is -2.37. The van der Waals surface area contributed by atoms with Gasteiger partial charge in [-0.1, -0.05) is 31.1 Å². The molecule has 5 aromatic rings. The molecule has 0 bridgehead atoms. The molecule has 2 atom stereocenters. The molecular weight excluding hydrogens is 592 g/mol. The van der Waals surface area contributed by atoms with E-state index in [1.54, 1.807) is 25.3 Å². The number of carbonyl (C=O) groups excluding carboxylic acids is 1. The van der Waals surface area contributed by atoms with Crippen LogP contribution in [0.1, 0.15) is 79.4 Å². The molecule has 2 aliphatic carbocycles. The number of amides is 2. The van der Waals surface area contributed by atoms with Gasteiger partial charge in [0.1, 0.15) is 11.5 Å². The van der Waals surface area contributed by atoms with Crippen molar-refractivity contribution in [2.24, 2.45) is 5.92 Å². The predicted molar refractivity (Wildman–Crippen MR) is 170 cm³/mol. The smallest absolute Gasteiger partial charge is 0.315 e. The van der Waals surface area contributed by atoms with Crippen molar-refractivity contribution < 1.29 is 17.7 Å². The van der Waals surface area contributed by atoms with Gasteiger partial charge in [0.15, 0.2) is 0 Å². The fourth-order valence-corrected chi connectivity index (χ4v) is 7.46. The highest BCUT2D eigenvalue weighted by molar-refractivity contribution is 7.89. The Morgan fingerprint density at radius 1 is 1.11 bits per heavy atom. The van der Waals surface area contributed by atoms with E-state index in [1.165, 1.54) is 0 Å². The van der Waals surface area contributed by atoms with Crippen LogP contribution in [0.25, 0.3) is 21.8 Å². The SMILES string of the molecule is Cc1cc(CNC(=O)N[C@H]2C[C@H](Nc3nc4ccccc4[nH]3)c3c2cc(S(=O)(=O)NCC(C)C)c2cc(C4CC4)ncc32)no1. The minimum Gasteiger partial charge on any atom is -0.361 e. The maximum Gasteiger partial charge on any atom is 0.315 e. The molecule has 2 aliphatic rings. The second-order valence-corrected chi connectivity index (χ2v) is 14.1. The van der Waals surface area contributed by atoms with Gasteiger partial charge >= 0.3 is 6.03 Å². The number of carbonyl (C=O) groups is 1. The molecule has 13 heteroatoms. The number of aromatic amines is 1. The lowest BCUT2D eigenvalue weighted by Gasteiger charge is -2.19. The quantitative estimate of drug-likeness (QED) is 0.139. The van der Waals surface area contributed by atoms with Gasteiger partial charge < -0.3 is 25.5 Å². The minimum absolute atomic E-state index is 0.133. The summed E-state index contributed by atoms with van der Waals surface area (Å²) < 4.78 is 35.6. The van der Waals surface area contributed by atoms with Gasteiger partial charge in [0.2, 0.25) is 16.0 Å². The van der Waals surface area contributed by atoms with Crippen LogP contribution in [0.2, 0.25) is 0 Å². The lowest BCUT2D eigenvalue weighted by atomic mass is 9.98. The van der Waals surface area contributed by atoms with E-state index in [0.29, 0.717) is 41.7 Å². The first-order chi connectivity index (χ1) is 21.6. The number of hydrogen-bond acceptors (Lipinski definition) is 8. The Kier molecular flexibility index (Phi) is 7.44. The summed E-state index contributed by atoms with van der Waals surface area (Å²) in [6, 6.07) is 12.0. The Morgan fingerprint density at radius 3 is 2.67 bits per heavy atom. The van der Waals surface area contributed by atoms with Crippen molar-refractivity contribution in [3.8, 4) is 0 Å². The van der Waals surface area contributed by atoms with Crippen molar-refractivity contribution in [3.63, 3.8) is 0 Å². The van der Waals surface area contributed by atoms with E-state index >= 15 is 0 Å². The van der Waals surface area contributed by atoms with Gasteiger partial charge in [0.25, 0.3) is 0 Å². The van der Waals surface area contributed by atoms with Crippen molar-refractivity contribution in [2.45, 2.75) is 69.5 Å². The number of urea groups is 1. The number of nitrogens with one attached hydrogen (secondary N) is 5. The third kappa shape index (κ3) is 5.97. The molecule has 0 radical (unpaired) electrons. The van der Waals surface area contributed by atoms with E-state index in [9.17, 15) is 13.2 Å². The summed E-state index contributed by atoms with van der Waals surface area (Å²) in [6.45, 7) is 6.21. The van der Waals surface area contributed by atoms with Gasteiger partial charge in [0, 0.05) is 41.2 Å². The Bertz CT molecular complexity index is 1980. The highest BCUT2D eigenvalue weighted by atomic mass is 32.2. The molecule has 7 rings (SSSR count). The molecule has 12 nitrogen and oxygen atoms in total. The van der Waals surface area contributed by atoms with Crippen LogP contribution in [-0.4, -0.2) is 41.1 Å². The molecular formula is C32H36N8O4S. The lowest BCUT2D eigenvalue weighted by molar-refractivity contribution is 0.236. The number of hydrogen-bond donors (Lipinski definition) is 5. The normalized spacial score (nSPS) is 18.0. The number of benzene rings is 2. The van der Waals surface area contributed by atoms with Crippen molar-refractivity contribution in [2.75, 3.05) is 11.9 Å². The molecule has 0 aliphatic heterocycles. The number of aryl methyl sites for hydroxylation is 1. The van der Waals surface area contributed by atoms with Crippen LogP contribution >= 0.6 is 0 Å². The zero-order valence-electron chi connectivity index (χ0n) is 25.3. The van der Waals surface area contributed by atoms with Crippen LogP contribution in [-0.2, 0) is 16.6 Å². The third-order valence-corrected chi connectivity index (χ3v) is 9.82. The molecule has 234 valence electrons. The van der Waals surface area contributed by atoms with Crippen molar-refractivity contribution in [3.05, 3.63) is 76.9 Å². The van der Waals surface area contributed by atoms with E-state index in [4.69, 9.17) is 14.5 Å². The fourth-order valence-electron chi connectivity index (χ4n) is 6.01. The average Bonchev–Trinajstić information content (AvgIpc) is 3.52. The van der Waals surface area contributed by atoms with Gasteiger partial charge in [-0.2, -0.15) is 0 Å². The number of H-pyrrole nitrogens is 1. The third-order valence-electron chi connectivity index (χ3n) is 8.35. The van der Waals surface area contributed by atoms with Gasteiger partial charge in [-0.15, -0.1) is 0 Å². The Hall–Kier alpha value is -4.49. The summed E-state index contributed by atoms with van der Waals surface area (Å²) in [4.78, 5) is 26.2. The van der Waals surface area contributed by atoms with Gasteiger partial charge in [-0.05, 0) is 67.5 Å². The van der Waals surface area contributed by atoms with E-state index in [-0.39, 0.29) is 23.4 Å². The summed E-state index contributed by atoms with van der Waals surface area (Å²) in [5, 5.41) is 14.8. The summed E-state index contributed by atoms with van der Waals surface area (Å²) in [6.07, 6.45) is 4.35. The number of pyridine rings is 1. The van der Waals surface area contributed by atoms with Crippen LogP contribution in [0.4, 0.5) is 10.7 Å². The molecule has 0 saturated heterocycles. The summed E-state index contributed by atoms with van der Waals surface area (Å²) in [7, 11) is -3.88. The fraction of sp³-hybridized carbons (Fsp3) is 0.375. The van der Waals surface area contributed by atoms with Crippen LogP contribution in [0.15, 0.2) is 58.1 Å². The number of aromatic nitrogens is 4. The first-order valence-electron chi connectivity index (χ1n) is 15.3. The number of fused-ring (bicyclic) bond motifs is 4. The van der Waals surface area contributed by atoms with Crippen LogP contribution in [0.3, 0.4) is 0 Å². The molecule has 5 N–H and O–H groups in total. The number of anilines is 1. The largest absolute Gasteiger partial charge is 0.361 e. The Balaban J connectivity index is 1.30. The molecule has 0 unspecified atom stereocenters. The monoisotopic (exact) mass is 628 g/mol. The second kappa shape index (κ2) is 11.5. The molecule has 3 heterocycles. The van der Waals surface area contributed by atoms with Gasteiger partial charge in [0.05, 0.1) is 34.6 Å². The maximum atomic E-state index is 13.8. The molecule has 1 fully saturated rings. The van der Waals surface area contributed by atoms with Gasteiger partial charge in [-0.3, -0.25) is 4.98 Å². The number of rotatable bonds is 10. The summed E-state index contributed by atoms with van der Waals surface area (Å²) in [5.74, 6) is 1.72.